The van der Waals surface area contributed by atoms with E-state index in [-0.39, 0.29) is 6.61 Å². The van der Waals surface area contributed by atoms with E-state index in [1.54, 1.807) is 0 Å². The second-order valence-corrected chi connectivity index (χ2v) is 5.50. The Bertz CT molecular complexity index is 283. The normalized spacial score (nSPS) is 13.3. The minimum Gasteiger partial charge on any atom is -0.393 e. The maximum atomic E-state index is 10.3. The van der Waals surface area contributed by atoms with Gasteiger partial charge in [-0.1, -0.05) is 0 Å². The summed E-state index contributed by atoms with van der Waals surface area (Å²) in [5.74, 6) is -1.55. The molecule has 0 heterocycles. The largest absolute Gasteiger partial charge is 0.527 e. The summed E-state index contributed by atoms with van der Waals surface area (Å²) in [4.78, 5) is 26.3. The molecule has 0 fully saturated rings. The third kappa shape index (κ3) is 15.5. The molecule has 0 spiro atoms. The van der Waals surface area contributed by atoms with Crippen LogP contribution in [0.25, 0.3) is 0 Å². The molecule has 10 heteroatoms. The first-order valence-electron chi connectivity index (χ1n) is 4.92. The van der Waals surface area contributed by atoms with Gasteiger partial charge in [-0.2, -0.15) is 0 Å². The van der Waals surface area contributed by atoms with Crippen molar-refractivity contribution in [3.05, 3.63) is 0 Å². The number of nitrogens with zero attached hydrogens (tertiary/aromatic N) is 1. The van der Waals surface area contributed by atoms with E-state index >= 15 is 0 Å². The highest BCUT2D eigenvalue weighted by Gasteiger charge is 2.25. The van der Waals surface area contributed by atoms with Gasteiger partial charge in [-0.15, -0.1) is 0 Å². The first kappa shape index (κ1) is 19.8. The minimum atomic E-state index is -4.91. The molecule has 0 rings (SSSR count). The lowest BCUT2D eigenvalue weighted by molar-refractivity contribution is -0.870. The Labute approximate surface area is 105 Å². The summed E-state index contributed by atoms with van der Waals surface area (Å²) in [5, 5.41) is 24.9. The van der Waals surface area contributed by atoms with Crippen LogP contribution in [0, 0.1) is 0 Å². The Morgan fingerprint density at radius 2 is 1.72 bits per heavy atom. The number of aliphatic hydroxyl groups is 3. The van der Waals surface area contributed by atoms with Gasteiger partial charge in [0.1, 0.15) is 6.54 Å². The number of hydrogen-bond acceptors (Lipinski definition) is 6. The quantitative estimate of drug-likeness (QED) is 0.280. The Balaban J connectivity index is 0. The number of carbonyl (C=O) groups is 1. The summed E-state index contributed by atoms with van der Waals surface area (Å²) >= 11 is 0. The molecule has 1 unspecified atom stereocenters. The Morgan fingerprint density at radius 1 is 1.28 bits per heavy atom. The zero-order valence-corrected chi connectivity index (χ0v) is 11.4. The number of aliphatic hydroxyl groups excluding tert-OH is 3. The third-order valence-corrected chi connectivity index (χ3v) is 1.84. The van der Waals surface area contributed by atoms with Gasteiger partial charge in [0.2, 0.25) is 0 Å². The molecule has 0 aliphatic heterocycles. The Kier molecular flexibility index (Phi) is 9.39. The SMILES string of the molecule is C[N+](C)(C)CCO.O=C(OP(=O)(O)O)C(O)CO. The molecular weight excluding hydrogens is 269 g/mol. The van der Waals surface area contributed by atoms with Crippen LogP contribution >= 0.6 is 7.82 Å². The van der Waals surface area contributed by atoms with Crippen LogP contribution in [0.4, 0.5) is 0 Å². The smallest absolute Gasteiger partial charge is 0.393 e. The summed E-state index contributed by atoms with van der Waals surface area (Å²) in [6, 6.07) is 0. The van der Waals surface area contributed by atoms with Gasteiger partial charge in [-0.05, 0) is 0 Å². The van der Waals surface area contributed by atoms with Crippen LogP contribution in [0.2, 0.25) is 0 Å². The second kappa shape index (κ2) is 8.54. The van der Waals surface area contributed by atoms with Crippen molar-refractivity contribution in [2.45, 2.75) is 6.10 Å². The van der Waals surface area contributed by atoms with Crippen molar-refractivity contribution in [1.29, 1.82) is 0 Å². The standard InChI is InChI=1S/C5H14NO.C3H7O7P/c1-6(2,3)4-5-7;4-1-2(5)3(6)10-11(7,8)9/h7H,4-5H2,1-3H3;2,4-5H,1H2,(H2,7,8,9)/q+1;. The number of phosphoric acid groups is 1. The first-order chi connectivity index (χ1) is 7.93. The van der Waals surface area contributed by atoms with Gasteiger partial charge in [-0.3, -0.25) is 9.79 Å². The van der Waals surface area contributed by atoms with Crippen molar-refractivity contribution in [2.75, 3.05) is 40.9 Å². The predicted molar refractivity (Wildman–Crippen MR) is 61.2 cm³/mol. The molecule has 110 valence electrons. The van der Waals surface area contributed by atoms with E-state index in [0.717, 1.165) is 11.0 Å². The van der Waals surface area contributed by atoms with Gasteiger partial charge < -0.3 is 24.3 Å². The summed E-state index contributed by atoms with van der Waals surface area (Å²) in [6.45, 7) is 0.169. The molecule has 0 amide bonds. The molecule has 9 nitrogen and oxygen atoms in total. The van der Waals surface area contributed by atoms with Gasteiger partial charge in [-0.25, -0.2) is 9.36 Å². The molecule has 0 aliphatic rings. The van der Waals surface area contributed by atoms with Crippen molar-refractivity contribution in [3.8, 4) is 0 Å². The molecule has 18 heavy (non-hydrogen) atoms. The van der Waals surface area contributed by atoms with Gasteiger partial charge in [0.15, 0.2) is 6.10 Å². The molecule has 0 saturated carbocycles. The Morgan fingerprint density at radius 3 is 1.89 bits per heavy atom. The molecule has 0 bridgehead atoms. The molecule has 0 aromatic heterocycles. The first-order valence-corrected chi connectivity index (χ1v) is 6.45. The van der Waals surface area contributed by atoms with Gasteiger partial charge in [0, 0.05) is 0 Å². The zero-order chi connectivity index (χ0) is 15.0. The topological polar surface area (TPSA) is 145 Å². The van der Waals surface area contributed by atoms with Crippen LogP contribution in [-0.2, 0) is 13.9 Å². The number of phosphoric ester groups is 1. The van der Waals surface area contributed by atoms with Gasteiger partial charge in [0.05, 0.1) is 34.4 Å². The average molecular weight is 290 g/mol. The summed E-state index contributed by atoms with van der Waals surface area (Å²) < 4.78 is 14.2. The lowest BCUT2D eigenvalue weighted by Gasteiger charge is -2.21. The van der Waals surface area contributed by atoms with Crippen molar-refractivity contribution < 1.29 is 43.5 Å². The van der Waals surface area contributed by atoms with Crippen LogP contribution in [0.3, 0.4) is 0 Å². The number of hydrogen-bond donors (Lipinski definition) is 5. The summed E-state index contributed by atoms with van der Waals surface area (Å²) in [6.07, 6.45) is -1.91. The zero-order valence-electron chi connectivity index (χ0n) is 10.6. The molecule has 5 N–H and O–H groups in total. The van der Waals surface area contributed by atoms with Crippen LogP contribution in [0.5, 0.6) is 0 Å². The monoisotopic (exact) mass is 290 g/mol. The van der Waals surface area contributed by atoms with E-state index in [4.69, 9.17) is 25.1 Å². The van der Waals surface area contributed by atoms with Crippen molar-refractivity contribution in [2.24, 2.45) is 0 Å². The van der Waals surface area contributed by atoms with E-state index < -0.39 is 26.5 Å². The molecule has 0 aromatic carbocycles. The maximum Gasteiger partial charge on any atom is 0.527 e. The van der Waals surface area contributed by atoms with E-state index in [0.29, 0.717) is 0 Å². The van der Waals surface area contributed by atoms with Crippen molar-refractivity contribution in [3.63, 3.8) is 0 Å². The van der Waals surface area contributed by atoms with E-state index in [2.05, 4.69) is 25.7 Å². The lowest BCUT2D eigenvalue weighted by Crippen LogP contribution is -2.36. The average Bonchev–Trinajstić information content (AvgIpc) is 2.12. The lowest BCUT2D eigenvalue weighted by atomic mass is 10.4. The number of carbonyl (C=O) groups excluding carboxylic acids is 1. The molecular formula is C8H21NO8P+. The molecule has 1 atom stereocenters. The van der Waals surface area contributed by atoms with Crippen molar-refractivity contribution in [1.82, 2.24) is 0 Å². The highest BCUT2D eigenvalue weighted by Crippen LogP contribution is 2.36. The second-order valence-electron chi connectivity index (χ2n) is 4.34. The molecule has 0 aliphatic carbocycles. The Hall–Kier alpha value is -0.540. The van der Waals surface area contributed by atoms with E-state index in [9.17, 15) is 9.36 Å². The predicted octanol–water partition coefficient (Wildman–Crippen LogP) is -2.34. The van der Waals surface area contributed by atoms with Crippen LogP contribution in [0.1, 0.15) is 0 Å². The molecule has 0 aromatic rings. The molecule has 0 radical (unpaired) electrons. The van der Waals surface area contributed by atoms with E-state index in [1.807, 2.05) is 0 Å². The summed E-state index contributed by atoms with van der Waals surface area (Å²) in [7, 11) is 1.25. The molecule has 0 saturated heterocycles. The van der Waals surface area contributed by atoms with Crippen LogP contribution < -0.4 is 0 Å². The van der Waals surface area contributed by atoms with Gasteiger partial charge >= 0.3 is 13.8 Å². The fraction of sp³-hybridized carbons (Fsp3) is 0.875. The van der Waals surface area contributed by atoms with Crippen LogP contribution in [0.15, 0.2) is 0 Å². The number of rotatable bonds is 5. The number of likely N-dealkylation sites (N-methyl/N-ethyl adjacent to an activating group) is 1. The number of quaternary nitrogens is 1. The minimum absolute atomic E-state index is 0.281. The van der Waals surface area contributed by atoms with Crippen molar-refractivity contribution >= 4 is 13.8 Å². The summed E-state index contributed by atoms with van der Waals surface area (Å²) in [5.41, 5.74) is 0. The highest BCUT2D eigenvalue weighted by molar-refractivity contribution is 7.46. The fourth-order valence-corrected chi connectivity index (χ4v) is 0.909. The fourth-order valence-electron chi connectivity index (χ4n) is 0.553. The van der Waals surface area contributed by atoms with Crippen LogP contribution in [-0.4, -0.2) is 82.6 Å². The third-order valence-electron chi connectivity index (χ3n) is 1.42. The highest BCUT2D eigenvalue weighted by atomic mass is 31.2. The maximum absolute atomic E-state index is 10.3. The van der Waals surface area contributed by atoms with E-state index in [1.165, 1.54) is 0 Å². The van der Waals surface area contributed by atoms with Gasteiger partial charge in [0.25, 0.3) is 0 Å².